The molecule has 3 aliphatic heterocycles. The lowest BCUT2D eigenvalue weighted by Crippen LogP contribution is -2.44. The number of halogens is 1. The summed E-state index contributed by atoms with van der Waals surface area (Å²) in [6.07, 6.45) is 3.79. The van der Waals surface area contributed by atoms with Crippen LogP contribution in [0.5, 0.6) is 0 Å². The summed E-state index contributed by atoms with van der Waals surface area (Å²) >= 11 is 0. The molecule has 2 bridgehead atoms. The number of benzene rings is 1. The van der Waals surface area contributed by atoms with E-state index in [0.717, 1.165) is 37.3 Å². The lowest BCUT2D eigenvalue weighted by Gasteiger charge is -2.38. The molecule has 1 aromatic heterocycles. The summed E-state index contributed by atoms with van der Waals surface area (Å²) < 4.78 is 19.4. The lowest BCUT2D eigenvalue weighted by atomic mass is 9.81. The van der Waals surface area contributed by atoms with Gasteiger partial charge in [-0.3, -0.25) is 0 Å². The third-order valence-electron chi connectivity index (χ3n) is 6.25. The third kappa shape index (κ3) is 2.62. The van der Waals surface area contributed by atoms with Crippen LogP contribution < -0.4 is 5.32 Å². The summed E-state index contributed by atoms with van der Waals surface area (Å²) in [7, 11) is 0. The minimum absolute atomic E-state index is 0.0338. The number of anilines is 1. The first-order chi connectivity index (χ1) is 13.0. The van der Waals surface area contributed by atoms with Crippen LogP contribution in [-0.4, -0.2) is 35.2 Å². The largest absolute Gasteiger partial charge is 0.379 e. The maximum absolute atomic E-state index is 14.0. The van der Waals surface area contributed by atoms with Crippen molar-refractivity contribution in [1.82, 2.24) is 9.88 Å². The number of carbonyl (C=O) groups is 1. The van der Waals surface area contributed by atoms with E-state index in [0.29, 0.717) is 12.0 Å². The van der Waals surface area contributed by atoms with Gasteiger partial charge in [-0.05, 0) is 48.6 Å². The number of ether oxygens (including phenoxy) is 1. The molecule has 0 spiro atoms. The van der Waals surface area contributed by atoms with E-state index in [1.165, 1.54) is 11.8 Å². The molecule has 0 saturated carbocycles. The molecule has 2 atom stereocenters. The fourth-order valence-corrected chi connectivity index (χ4v) is 4.65. The molecule has 2 aromatic rings. The first-order valence-electron chi connectivity index (χ1n) is 9.46. The summed E-state index contributed by atoms with van der Waals surface area (Å²) in [5, 5.41) is 3.02. The van der Waals surface area contributed by atoms with Crippen LogP contribution in [0.3, 0.4) is 0 Å². The fraction of sp³-hybridized carbons (Fsp3) is 0.429. The van der Waals surface area contributed by atoms with Crippen molar-refractivity contribution >= 4 is 11.7 Å². The van der Waals surface area contributed by atoms with Gasteiger partial charge in [-0.15, -0.1) is 0 Å². The van der Waals surface area contributed by atoms with Crippen molar-refractivity contribution in [1.29, 1.82) is 0 Å². The van der Waals surface area contributed by atoms with E-state index in [-0.39, 0.29) is 23.5 Å². The number of nitrogens with one attached hydrogen (secondary N) is 1. The Morgan fingerprint density at radius 1 is 1.26 bits per heavy atom. The van der Waals surface area contributed by atoms with Crippen LogP contribution in [0.25, 0.3) is 0 Å². The highest BCUT2D eigenvalue weighted by Crippen LogP contribution is 2.44. The standard InChI is InChI=1S/C21H22FN3O2/c1-21(11-27-12-21)13-2-4-14(5-3-13)24-20(26)25-15-6-7-18(25)16-8-9-23-19(22)17(16)10-15/h2-5,8-9,15,18H,6-7,10-12H2,1H3,(H,24,26)/t15-,18+/m0/s1. The van der Waals surface area contributed by atoms with E-state index in [9.17, 15) is 9.18 Å². The highest BCUT2D eigenvalue weighted by atomic mass is 19.1. The summed E-state index contributed by atoms with van der Waals surface area (Å²) in [5.41, 5.74) is 3.66. The van der Waals surface area contributed by atoms with E-state index >= 15 is 0 Å². The lowest BCUT2D eigenvalue weighted by molar-refractivity contribution is -0.0499. The Kier molecular flexibility index (Phi) is 3.72. The predicted octanol–water partition coefficient (Wildman–Crippen LogP) is 3.80. The Morgan fingerprint density at radius 2 is 2.04 bits per heavy atom. The Labute approximate surface area is 157 Å². The van der Waals surface area contributed by atoms with Crippen molar-refractivity contribution in [3.8, 4) is 0 Å². The van der Waals surface area contributed by atoms with Gasteiger partial charge in [-0.1, -0.05) is 19.1 Å². The van der Waals surface area contributed by atoms with Crippen LogP contribution >= 0.6 is 0 Å². The number of pyridine rings is 1. The average molecular weight is 367 g/mol. The minimum atomic E-state index is -0.395. The number of rotatable bonds is 2. The van der Waals surface area contributed by atoms with Crippen LogP contribution in [0.1, 0.15) is 42.5 Å². The van der Waals surface area contributed by atoms with Crippen molar-refractivity contribution in [2.24, 2.45) is 0 Å². The predicted molar refractivity (Wildman–Crippen MR) is 99.1 cm³/mol. The second-order valence-electron chi connectivity index (χ2n) is 8.09. The van der Waals surface area contributed by atoms with Gasteiger partial charge in [0.25, 0.3) is 0 Å². The maximum atomic E-state index is 14.0. The van der Waals surface area contributed by atoms with Gasteiger partial charge in [0.1, 0.15) is 0 Å². The molecule has 4 heterocycles. The summed E-state index contributed by atoms with van der Waals surface area (Å²) in [5.74, 6) is -0.395. The molecule has 0 unspecified atom stereocenters. The van der Waals surface area contributed by atoms with Crippen LogP contribution in [-0.2, 0) is 16.6 Å². The number of fused-ring (bicyclic) bond motifs is 4. The number of nitrogens with zero attached hydrogens (tertiary/aromatic N) is 2. The van der Waals surface area contributed by atoms with E-state index < -0.39 is 5.95 Å². The molecule has 0 aliphatic carbocycles. The number of hydrogen-bond donors (Lipinski definition) is 1. The second kappa shape index (κ2) is 6.02. The molecule has 6 heteroatoms. The van der Waals surface area contributed by atoms with Gasteiger partial charge < -0.3 is 15.0 Å². The molecule has 5 nitrogen and oxygen atoms in total. The van der Waals surface area contributed by atoms with Crippen LogP contribution in [0.2, 0.25) is 0 Å². The topological polar surface area (TPSA) is 54.5 Å². The number of hydrogen-bond acceptors (Lipinski definition) is 3. The molecule has 27 heavy (non-hydrogen) atoms. The Bertz CT molecular complexity index is 895. The molecular formula is C21H22FN3O2. The van der Waals surface area contributed by atoms with E-state index in [4.69, 9.17) is 4.74 Å². The first-order valence-corrected chi connectivity index (χ1v) is 9.46. The maximum Gasteiger partial charge on any atom is 0.322 e. The van der Waals surface area contributed by atoms with Gasteiger partial charge in [0.15, 0.2) is 0 Å². The molecule has 2 fully saturated rings. The van der Waals surface area contributed by atoms with Gasteiger partial charge in [0.2, 0.25) is 5.95 Å². The van der Waals surface area contributed by atoms with Gasteiger partial charge in [-0.2, -0.15) is 4.39 Å². The molecule has 2 saturated heterocycles. The molecule has 0 radical (unpaired) electrons. The molecule has 3 aliphatic rings. The minimum Gasteiger partial charge on any atom is -0.379 e. The summed E-state index contributed by atoms with van der Waals surface area (Å²) in [6, 6.07) is 9.70. The highest BCUT2D eigenvalue weighted by molar-refractivity contribution is 5.90. The Morgan fingerprint density at radius 3 is 2.74 bits per heavy atom. The van der Waals surface area contributed by atoms with Crippen molar-refractivity contribution < 1.29 is 13.9 Å². The molecule has 5 rings (SSSR count). The van der Waals surface area contributed by atoms with Crippen LogP contribution in [0, 0.1) is 5.95 Å². The molecule has 140 valence electrons. The van der Waals surface area contributed by atoms with Crippen molar-refractivity contribution in [2.75, 3.05) is 18.5 Å². The molecule has 1 N–H and O–H groups in total. The van der Waals surface area contributed by atoms with Crippen molar-refractivity contribution in [3.63, 3.8) is 0 Å². The quantitative estimate of drug-likeness (QED) is 0.822. The fourth-order valence-electron chi connectivity index (χ4n) is 4.65. The number of urea groups is 1. The van der Waals surface area contributed by atoms with Crippen LogP contribution in [0.15, 0.2) is 36.5 Å². The molecule has 1 aromatic carbocycles. The van der Waals surface area contributed by atoms with E-state index in [1.807, 2.05) is 23.1 Å². The van der Waals surface area contributed by atoms with Crippen LogP contribution in [0.4, 0.5) is 14.9 Å². The number of amides is 2. The monoisotopic (exact) mass is 367 g/mol. The van der Waals surface area contributed by atoms with E-state index in [2.05, 4.69) is 29.4 Å². The summed E-state index contributed by atoms with van der Waals surface area (Å²) in [4.78, 5) is 18.6. The first kappa shape index (κ1) is 16.7. The second-order valence-corrected chi connectivity index (χ2v) is 8.09. The SMILES string of the molecule is CC1(c2ccc(NC(=O)N3[C@H]4CC[C@@H]3c3ccnc(F)c3C4)cc2)COC1. The van der Waals surface area contributed by atoms with Gasteiger partial charge in [0, 0.05) is 28.9 Å². The zero-order chi connectivity index (χ0) is 18.6. The van der Waals surface area contributed by atoms with Crippen molar-refractivity contribution in [2.45, 2.75) is 43.7 Å². The zero-order valence-electron chi connectivity index (χ0n) is 15.2. The molecular weight excluding hydrogens is 345 g/mol. The van der Waals surface area contributed by atoms with Gasteiger partial charge in [0.05, 0.1) is 19.3 Å². The average Bonchev–Trinajstić information content (AvgIpc) is 2.96. The normalized spacial score (nSPS) is 24.9. The number of aromatic nitrogens is 1. The number of carbonyl (C=O) groups excluding carboxylic acids is 1. The zero-order valence-corrected chi connectivity index (χ0v) is 15.2. The van der Waals surface area contributed by atoms with Gasteiger partial charge in [-0.25, -0.2) is 9.78 Å². The van der Waals surface area contributed by atoms with Crippen molar-refractivity contribution in [3.05, 3.63) is 59.2 Å². The highest BCUT2D eigenvalue weighted by Gasteiger charge is 2.43. The van der Waals surface area contributed by atoms with E-state index in [1.54, 1.807) is 0 Å². The Hall–Kier alpha value is -2.47. The Balaban J connectivity index is 1.34. The van der Waals surface area contributed by atoms with Gasteiger partial charge >= 0.3 is 6.03 Å². The third-order valence-corrected chi connectivity index (χ3v) is 6.25. The summed E-state index contributed by atoms with van der Waals surface area (Å²) in [6.45, 7) is 3.66. The smallest absolute Gasteiger partial charge is 0.322 e. The molecule has 2 amide bonds.